The summed E-state index contributed by atoms with van der Waals surface area (Å²) in [5.74, 6) is -0.476. The number of carbonyl (C=O) groups excluding carboxylic acids is 2. The summed E-state index contributed by atoms with van der Waals surface area (Å²) in [6.45, 7) is -0.00412. The van der Waals surface area contributed by atoms with Crippen LogP contribution in [0.25, 0.3) is 0 Å². The fraction of sp³-hybridized carbons (Fsp3) is 0.273. The van der Waals surface area contributed by atoms with Gasteiger partial charge in [0, 0.05) is 5.75 Å². The van der Waals surface area contributed by atoms with Crippen molar-refractivity contribution in [1.29, 1.82) is 0 Å². The van der Waals surface area contributed by atoms with Crippen molar-refractivity contribution in [2.75, 3.05) is 12.3 Å². The molecule has 84 valence electrons. The molecule has 0 bridgehead atoms. The molecule has 0 spiro atoms. The number of imide groups is 1. The Morgan fingerprint density at radius 1 is 1.19 bits per heavy atom. The van der Waals surface area contributed by atoms with Gasteiger partial charge in [0.1, 0.15) is 0 Å². The standard InChI is InChI=1S/C11H11NO3S/c13-7(6-16)5-12-10(14)8-3-1-2-4-9(8)11(12)15/h1-4,7,13,16H,5-6H2. The third-order valence-electron chi connectivity index (χ3n) is 2.48. The largest absolute Gasteiger partial charge is 0.390 e. The van der Waals surface area contributed by atoms with E-state index in [1.807, 2.05) is 0 Å². The molecular formula is C11H11NO3S. The van der Waals surface area contributed by atoms with Gasteiger partial charge in [-0.15, -0.1) is 0 Å². The number of aliphatic hydroxyl groups excluding tert-OH is 1. The Morgan fingerprint density at radius 2 is 1.69 bits per heavy atom. The maximum absolute atomic E-state index is 11.8. The van der Waals surface area contributed by atoms with Gasteiger partial charge in [0.2, 0.25) is 0 Å². The average molecular weight is 237 g/mol. The maximum atomic E-state index is 11.8. The molecule has 1 unspecified atom stereocenters. The zero-order chi connectivity index (χ0) is 11.7. The SMILES string of the molecule is O=C1c2ccccc2C(=O)N1CC(O)CS. The lowest BCUT2D eigenvalue weighted by Gasteiger charge is -2.16. The summed E-state index contributed by atoms with van der Waals surface area (Å²) in [6.07, 6.45) is -0.787. The van der Waals surface area contributed by atoms with E-state index < -0.39 is 6.10 Å². The van der Waals surface area contributed by atoms with E-state index in [0.717, 1.165) is 4.90 Å². The minimum atomic E-state index is -0.787. The topological polar surface area (TPSA) is 57.6 Å². The second kappa shape index (κ2) is 4.27. The van der Waals surface area contributed by atoms with Crippen LogP contribution in [0, 0.1) is 0 Å². The minimum Gasteiger partial charge on any atom is -0.390 e. The predicted octanol–water partition coefficient (Wildman–Crippen LogP) is 0.573. The molecule has 4 nitrogen and oxygen atoms in total. The lowest BCUT2D eigenvalue weighted by molar-refractivity contribution is 0.0568. The van der Waals surface area contributed by atoms with Gasteiger partial charge in [-0.05, 0) is 12.1 Å². The summed E-state index contributed by atoms with van der Waals surface area (Å²) in [5, 5.41) is 9.41. The zero-order valence-corrected chi connectivity index (χ0v) is 9.35. The van der Waals surface area contributed by atoms with Crippen molar-refractivity contribution in [2.45, 2.75) is 6.10 Å². The van der Waals surface area contributed by atoms with Crippen molar-refractivity contribution in [3.05, 3.63) is 35.4 Å². The summed E-state index contributed by atoms with van der Waals surface area (Å²) >= 11 is 3.91. The Hall–Kier alpha value is -1.33. The Bertz CT molecular complexity index is 412. The number of β-amino-alcohol motifs (C(OH)–C–C–N with tert-alkyl or cyclic N) is 1. The Morgan fingerprint density at radius 3 is 2.12 bits per heavy atom. The second-order valence-corrected chi connectivity index (χ2v) is 3.97. The predicted molar refractivity (Wildman–Crippen MR) is 61.7 cm³/mol. The Balaban J connectivity index is 2.28. The van der Waals surface area contributed by atoms with Crippen molar-refractivity contribution in [3.8, 4) is 0 Å². The fourth-order valence-electron chi connectivity index (χ4n) is 1.67. The monoisotopic (exact) mass is 237 g/mol. The van der Waals surface area contributed by atoms with Crippen LogP contribution in [-0.2, 0) is 0 Å². The van der Waals surface area contributed by atoms with Crippen LogP contribution in [0.5, 0.6) is 0 Å². The minimum absolute atomic E-state index is 0.00412. The molecule has 0 fully saturated rings. The van der Waals surface area contributed by atoms with Crippen molar-refractivity contribution >= 4 is 24.4 Å². The number of amides is 2. The first-order valence-electron chi connectivity index (χ1n) is 4.89. The zero-order valence-electron chi connectivity index (χ0n) is 8.46. The number of rotatable bonds is 3. The number of carbonyl (C=O) groups is 2. The molecule has 1 aliphatic heterocycles. The molecule has 16 heavy (non-hydrogen) atoms. The van der Waals surface area contributed by atoms with Gasteiger partial charge in [-0.1, -0.05) is 12.1 Å². The molecule has 2 rings (SSSR count). The number of aliphatic hydroxyl groups is 1. The van der Waals surface area contributed by atoms with Gasteiger partial charge in [0.15, 0.2) is 0 Å². The Labute approximate surface area is 98.3 Å². The molecule has 1 atom stereocenters. The molecule has 1 N–H and O–H groups in total. The van der Waals surface area contributed by atoms with Gasteiger partial charge in [0.05, 0.1) is 23.8 Å². The summed E-state index contributed by atoms with van der Waals surface area (Å²) in [4.78, 5) is 24.7. The van der Waals surface area contributed by atoms with Crippen LogP contribution >= 0.6 is 12.6 Å². The summed E-state index contributed by atoms with van der Waals surface area (Å²) < 4.78 is 0. The molecule has 1 aromatic rings. The first-order valence-corrected chi connectivity index (χ1v) is 5.52. The normalized spacial score (nSPS) is 16.5. The van der Waals surface area contributed by atoms with E-state index in [9.17, 15) is 14.7 Å². The molecular weight excluding hydrogens is 226 g/mol. The molecule has 1 aliphatic rings. The first-order chi connectivity index (χ1) is 7.65. The molecule has 0 saturated carbocycles. The number of benzene rings is 1. The second-order valence-electron chi connectivity index (χ2n) is 3.60. The van der Waals surface area contributed by atoms with Crippen LogP contribution < -0.4 is 0 Å². The maximum Gasteiger partial charge on any atom is 0.261 e. The molecule has 0 aliphatic carbocycles. The van der Waals surface area contributed by atoms with Crippen molar-refractivity contribution in [3.63, 3.8) is 0 Å². The number of hydrogen-bond acceptors (Lipinski definition) is 4. The molecule has 0 radical (unpaired) electrons. The molecule has 5 heteroatoms. The van der Waals surface area contributed by atoms with E-state index in [0.29, 0.717) is 11.1 Å². The van der Waals surface area contributed by atoms with Crippen LogP contribution in [0.2, 0.25) is 0 Å². The van der Waals surface area contributed by atoms with Crippen molar-refractivity contribution < 1.29 is 14.7 Å². The number of hydrogen-bond donors (Lipinski definition) is 2. The summed E-state index contributed by atoms with van der Waals surface area (Å²) in [5.41, 5.74) is 0.803. The number of fused-ring (bicyclic) bond motifs is 1. The van der Waals surface area contributed by atoms with Crippen LogP contribution in [0.3, 0.4) is 0 Å². The van der Waals surface area contributed by atoms with E-state index in [4.69, 9.17) is 0 Å². The van der Waals surface area contributed by atoms with Crippen LogP contribution in [0.4, 0.5) is 0 Å². The van der Waals surface area contributed by atoms with Crippen molar-refractivity contribution in [1.82, 2.24) is 4.90 Å². The highest BCUT2D eigenvalue weighted by Gasteiger charge is 2.35. The van der Waals surface area contributed by atoms with E-state index >= 15 is 0 Å². The smallest absolute Gasteiger partial charge is 0.261 e. The molecule has 0 aromatic heterocycles. The number of thiol groups is 1. The van der Waals surface area contributed by atoms with E-state index in [1.54, 1.807) is 24.3 Å². The average Bonchev–Trinajstić information content (AvgIpc) is 2.55. The van der Waals surface area contributed by atoms with E-state index in [-0.39, 0.29) is 24.1 Å². The highest BCUT2D eigenvalue weighted by atomic mass is 32.1. The lowest BCUT2D eigenvalue weighted by atomic mass is 10.1. The highest BCUT2D eigenvalue weighted by Crippen LogP contribution is 2.22. The van der Waals surface area contributed by atoms with Gasteiger partial charge in [0.25, 0.3) is 11.8 Å². The molecule has 1 heterocycles. The van der Waals surface area contributed by atoms with Crippen molar-refractivity contribution in [2.24, 2.45) is 0 Å². The van der Waals surface area contributed by atoms with Gasteiger partial charge < -0.3 is 5.11 Å². The van der Waals surface area contributed by atoms with E-state index in [2.05, 4.69) is 12.6 Å². The highest BCUT2D eigenvalue weighted by molar-refractivity contribution is 7.80. The van der Waals surface area contributed by atoms with Crippen LogP contribution in [-0.4, -0.2) is 40.2 Å². The third kappa shape index (κ3) is 1.72. The summed E-state index contributed by atoms with van der Waals surface area (Å²) in [6, 6.07) is 6.65. The third-order valence-corrected chi connectivity index (χ3v) is 2.90. The quantitative estimate of drug-likeness (QED) is 0.597. The Kier molecular flexibility index (Phi) is 2.98. The van der Waals surface area contributed by atoms with Crippen LogP contribution in [0.15, 0.2) is 24.3 Å². The number of nitrogens with zero attached hydrogens (tertiary/aromatic N) is 1. The van der Waals surface area contributed by atoms with Gasteiger partial charge >= 0.3 is 0 Å². The fourth-order valence-corrected chi connectivity index (χ4v) is 1.79. The van der Waals surface area contributed by atoms with Gasteiger partial charge in [-0.3, -0.25) is 14.5 Å². The van der Waals surface area contributed by atoms with Gasteiger partial charge in [-0.25, -0.2) is 0 Å². The lowest BCUT2D eigenvalue weighted by Crippen LogP contribution is -2.37. The molecule has 0 saturated heterocycles. The summed E-state index contributed by atoms with van der Waals surface area (Å²) in [7, 11) is 0. The molecule has 2 amide bonds. The molecule has 1 aromatic carbocycles. The van der Waals surface area contributed by atoms with E-state index in [1.165, 1.54) is 0 Å². The first kappa shape index (κ1) is 11.2. The van der Waals surface area contributed by atoms with Crippen LogP contribution in [0.1, 0.15) is 20.7 Å². The van der Waals surface area contributed by atoms with Gasteiger partial charge in [-0.2, -0.15) is 12.6 Å².